The Bertz CT molecular complexity index is 462. The summed E-state index contributed by atoms with van der Waals surface area (Å²) in [5.74, 6) is -2.73. The molecule has 132 valence electrons. The maximum Gasteiger partial charge on any atom is 0.322 e. The van der Waals surface area contributed by atoms with Crippen molar-refractivity contribution in [3.05, 3.63) is 0 Å². The lowest BCUT2D eigenvalue weighted by atomic mass is 9.96. The number of aliphatic hydroxyl groups is 3. The molecule has 1 saturated heterocycles. The van der Waals surface area contributed by atoms with E-state index in [0.717, 1.165) is 6.92 Å². The van der Waals surface area contributed by atoms with Crippen molar-refractivity contribution >= 4 is 29.4 Å². The number of amides is 2. The van der Waals surface area contributed by atoms with E-state index >= 15 is 0 Å². The van der Waals surface area contributed by atoms with Crippen LogP contribution in [0.1, 0.15) is 13.3 Å². The molecule has 0 aromatic rings. The van der Waals surface area contributed by atoms with Crippen molar-refractivity contribution in [2.75, 3.05) is 6.61 Å². The molecule has 1 heterocycles. The van der Waals surface area contributed by atoms with Crippen LogP contribution >= 0.6 is 11.6 Å². The molecule has 11 heteroatoms. The van der Waals surface area contributed by atoms with Gasteiger partial charge in [0.25, 0.3) is 0 Å². The van der Waals surface area contributed by atoms with Gasteiger partial charge in [0.15, 0.2) is 6.23 Å². The van der Waals surface area contributed by atoms with Crippen molar-refractivity contribution in [3.63, 3.8) is 0 Å². The number of hydrogen-bond donors (Lipinski definition) is 6. The zero-order chi connectivity index (χ0) is 17.7. The first-order chi connectivity index (χ1) is 10.7. The Kier molecular flexibility index (Phi) is 7.16. The second-order valence-electron chi connectivity index (χ2n) is 5.06. The monoisotopic (exact) mass is 354 g/mol. The highest BCUT2D eigenvalue weighted by atomic mass is 35.5. The first-order valence-electron chi connectivity index (χ1n) is 6.73. The molecular weight excluding hydrogens is 336 g/mol. The zero-order valence-corrected chi connectivity index (χ0v) is 12.9. The molecule has 10 nitrogen and oxygen atoms in total. The lowest BCUT2D eigenvalue weighted by molar-refractivity contribution is -0.203. The van der Waals surface area contributed by atoms with E-state index in [2.05, 4.69) is 10.6 Å². The summed E-state index contributed by atoms with van der Waals surface area (Å²) >= 11 is 5.46. The number of alkyl halides is 1. The summed E-state index contributed by atoms with van der Waals surface area (Å²) < 4.78 is 5.25. The number of carboxylic acids is 1. The number of rotatable bonds is 6. The number of halogens is 1. The topological polar surface area (TPSA) is 165 Å². The molecule has 0 aliphatic carbocycles. The van der Waals surface area contributed by atoms with Gasteiger partial charge in [0.2, 0.25) is 11.8 Å². The lowest BCUT2D eigenvalue weighted by Gasteiger charge is -2.42. The van der Waals surface area contributed by atoms with Gasteiger partial charge in [0.1, 0.15) is 29.7 Å². The predicted octanol–water partition coefficient (Wildman–Crippen LogP) is -2.87. The maximum atomic E-state index is 11.8. The zero-order valence-electron chi connectivity index (χ0n) is 12.2. The highest BCUT2D eigenvalue weighted by Gasteiger charge is 2.45. The number of nitrogens with one attached hydrogen (secondary N) is 2. The van der Waals surface area contributed by atoms with Crippen LogP contribution in [0.4, 0.5) is 0 Å². The van der Waals surface area contributed by atoms with Gasteiger partial charge >= 0.3 is 5.97 Å². The van der Waals surface area contributed by atoms with Gasteiger partial charge < -0.3 is 35.8 Å². The number of aliphatic carboxylic acids is 1. The standard InChI is InChI=1S/C12H19ClN2O8/c1-4(17)14-8-10(20)9(19)6(3-16)23-11(8)15-7(18)2-5(13)12(21)22/h5-6,8-11,16,19-20H,2-3H2,1H3,(H,14,17)(H,15,18)(H,21,22)/t5?,6-,8-,9-,10-,11-/m1/s1. The van der Waals surface area contributed by atoms with Gasteiger partial charge in [0, 0.05) is 6.92 Å². The Morgan fingerprint density at radius 2 is 1.83 bits per heavy atom. The van der Waals surface area contributed by atoms with Gasteiger partial charge in [-0.1, -0.05) is 0 Å². The number of carbonyl (C=O) groups excluding carboxylic acids is 2. The lowest BCUT2D eigenvalue weighted by Crippen LogP contribution is -2.68. The minimum Gasteiger partial charge on any atom is -0.480 e. The molecule has 0 spiro atoms. The van der Waals surface area contributed by atoms with Gasteiger partial charge in [0.05, 0.1) is 13.0 Å². The summed E-state index contributed by atoms with van der Waals surface area (Å²) in [6.07, 6.45) is -6.02. The highest BCUT2D eigenvalue weighted by molar-refractivity contribution is 6.30. The first kappa shape index (κ1) is 19.6. The second kappa shape index (κ2) is 8.41. The van der Waals surface area contributed by atoms with Crippen LogP contribution in [0.15, 0.2) is 0 Å². The average molecular weight is 355 g/mol. The second-order valence-corrected chi connectivity index (χ2v) is 5.59. The summed E-state index contributed by atoms with van der Waals surface area (Å²) in [5.41, 5.74) is 0. The minimum atomic E-state index is -1.51. The minimum absolute atomic E-state index is 0.549. The van der Waals surface area contributed by atoms with E-state index in [0.29, 0.717) is 0 Å². The smallest absolute Gasteiger partial charge is 0.322 e. The molecule has 0 aromatic carbocycles. The summed E-state index contributed by atoms with van der Waals surface area (Å²) in [5, 5.41) is 40.7. The Morgan fingerprint density at radius 3 is 2.30 bits per heavy atom. The Hall–Kier alpha value is -1.46. The average Bonchev–Trinajstić information content (AvgIpc) is 2.46. The summed E-state index contributed by atoms with van der Waals surface area (Å²) in [6, 6.07) is -1.19. The molecule has 0 radical (unpaired) electrons. The van der Waals surface area contributed by atoms with Crippen LogP contribution in [0.2, 0.25) is 0 Å². The molecule has 1 unspecified atom stereocenters. The molecule has 0 aromatic heterocycles. The van der Waals surface area contributed by atoms with Gasteiger partial charge in [-0.05, 0) is 0 Å². The van der Waals surface area contributed by atoms with E-state index in [-0.39, 0.29) is 0 Å². The van der Waals surface area contributed by atoms with Gasteiger partial charge in [-0.2, -0.15) is 0 Å². The summed E-state index contributed by atoms with van der Waals surface area (Å²) in [4.78, 5) is 33.6. The first-order valence-corrected chi connectivity index (χ1v) is 7.16. The van der Waals surface area contributed by atoms with Crippen molar-refractivity contribution < 1.29 is 39.5 Å². The number of hydrogen-bond acceptors (Lipinski definition) is 7. The third kappa shape index (κ3) is 5.29. The number of carboxylic acid groups (broad SMARTS) is 1. The number of carbonyl (C=O) groups is 3. The van der Waals surface area contributed by atoms with Crippen molar-refractivity contribution in [3.8, 4) is 0 Å². The summed E-state index contributed by atoms with van der Waals surface area (Å²) in [7, 11) is 0. The van der Waals surface area contributed by atoms with Crippen molar-refractivity contribution in [2.24, 2.45) is 0 Å². The van der Waals surface area contributed by atoms with E-state index in [1.54, 1.807) is 0 Å². The van der Waals surface area contributed by atoms with Crippen LogP contribution in [0, 0.1) is 0 Å². The molecule has 23 heavy (non-hydrogen) atoms. The molecule has 0 saturated carbocycles. The molecule has 1 aliphatic rings. The van der Waals surface area contributed by atoms with Crippen LogP contribution in [-0.4, -0.2) is 80.8 Å². The third-order valence-corrected chi connectivity index (χ3v) is 3.57. The van der Waals surface area contributed by atoms with E-state index in [9.17, 15) is 24.6 Å². The quantitative estimate of drug-likeness (QED) is 0.277. The Morgan fingerprint density at radius 1 is 1.22 bits per heavy atom. The van der Waals surface area contributed by atoms with E-state index in [1.165, 1.54) is 0 Å². The fourth-order valence-electron chi connectivity index (χ4n) is 2.10. The predicted molar refractivity (Wildman–Crippen MR) is 75.4 cm³/mol. The molecule has 1 aliphatic heterocycles. The molecular formula is C12H19ClN2O8. The molecule has 6 atom stereocenters. The number of aliphatic hydroxyl groups excluding tert-OH is 3. The Labute approximate surface area is 136 Å². The van der Waals surface area contributed by atoms with Gasteiger partial charge in [-0.15, -0.1) is 11.6 Å². The van der Waals surface area contributed by atoms with E-state index in [1.807, 2.05) is 0 Å². The molecule has 6 N–H and O–H groups in total. The van der Waals surface area contributed by atoms with E-state index < -0.39 is 66.8 Å². The largest absolute Gasteiger partial charge is 0.480 e. The van der Waals surface area contributed by atoms with Crippen LogP contribution in [-0.2, 0) is 19.1 Å². The van der Waals surface area contributed by atoms with Crippen molar-refractivity contribution in [2.45, 2.75) is 49.3 Å². The van der Waals surface area contributed by atoms with Crippen LogP contribution in [0.3, 0.4) is 0 Å². The van der Waals surface area contributed by atoms with Crippen LogP contribution in [0.5, 0.6) is 0 Å². The fraction of sp³-hybridized carbons (Fsp3) is 0.750. The number of ether oxygens (including phenoxy) is 1. The van der Waals surface area contributed by atoms with Crippen LogP contribution < -0.4 is 10.6 Å². The van der Waals surface area contributed by atoms with Gasteiger partial charge in [-0.3, -0.25) is 14.4 Å². The molecule has 1 rings (SSSR count). The maximum absolute atomic E-state index is 11.8. The highest BCUT2D eigenvalue weighted by Crippen LogP contribution is 2.20. The SMILES string of the molecule is CC(=O)N[C@@H]1[C@@H](O)[C@H](O)[C@@H](CO)O[C@H]1NC(=O)CC(Cl)C(=O)O. The van der Waals surface area contributed by atoms with Crippen LogP contribution in [0.25, 0.3) is 0 Å². The van der Waals surface area contributed by atoms with Crippen molar-refractivity contribution in [1.29, 1.82) is 0 Å². The molecule has 1 fully saturated rings. The third-order valence-electron chi connectivity index (χ3n) is 3.23. The normalized spacial score (nSPS) is 32.0. The van der Waals surface area contributed by atoms with Gasteiger partial charge in [-0.25, -0.2) is 0 Å². The summed E-state index contributed by atoms with van der Waals surface area (Å²) in [6.45, 7) is 0.528. The van der Waals surface area contributed by atoms with E-state index in [4.69, 9.17) is 26.6 Å². The fourth-order valence-corrected chi connectivity index (χ4v) is 2.24. The Balaban J connectivity index is 2.82. The molecule has 2 amide bonds. The van der Waals surface area contributed by atoms with Crippen molar-refractivity contribution in [1.82, 2.24) is 10.6 Å². The molecule has 0 bridgehead atoms.